The van der Waals surface area contributed by atoms with Crippen molar-refractivity contribution in [3.05, 3.63) is 34.9 Å². The summed E-state index contributed by atoms with van der Waals surface area (Å²) in [5.74, 6) is -0.145. The molecule has 0 unspecified atom stereocenters. The Balaban J connectivity index is 1.77. The molecule has 0 aliphatic heterocycles. The monoisotopic (exact) mass is 422 g/mol. The van der Waals surface area contributed by atoms with E-state index in [4.69, 9.17) is 16.3 Å². The third-order valence-corrected chi connectivity index (χ3v) is 5.77. The average Bonchev–Trinajstić information content (AvgIpc) is 2.72. The quantitative estimate of drug-likeness (QED) is 0.164. The Morgan fingerprint density at radius 3 is 1.55 bits per heavy atom. The average molecular weight is 423 g/mol. The van der Waals surface area contributed by atoms with Crippen LogP contribution in [0, 0.1) is 0 Å². The predicted molar refractivity (Wildman–Crippen MR) is 126 cm³/mol. The summed E-state index contributed by atoms with van der Waals surface area (Å²) in [5, 5.41) is 0.690. The summed E-state index contributed by atoms with van der Waals surface area (Å²) in [7, 11) is 0. The van der Waals surface area contributed by atoms with Gasteiger partial charge in [0.2, 0.25) is 0 Å². The standard InChI is InChI=1S/C26H43ClO2/c1-2-3-4-5-6-7-8-9-10-11-12-13-14-15-16-17-22-29-26(28)23-24-18-20-25(27)21-19-24/h18-21H,2-17,22-23H2,1H3. The lowest BCUT2D eigenvalue weighted by Gasteiger charge is -2.06. The summed E-state index contributed by atoms with van der Waals surface area (Å²) in [6, 6.07) is 7.36. The first-order chi connectivity index (χ1) is 14.2. The zero-order valence-corrected chi connectivity index (χ0v) is 19.5. The molecule has 0 heterocycles. The molecule has 1 aromatic carbocycles. The Morgan fingerprint density at radius 1 is 0.690 bits per heavy atom. The van der Waals surface area contributed by atoms with Gasteiger partial charge in [-0.3, -0.25) is 4.79 Å². The van der Waals surface area contributed by atoms with Gasteiger partial charge >= 0.3 is 5.97 Å². The highest BCUT2D eigenvalue weighted by atomic mass is 35.5. The zero-order valence-electron chi connectivity index (χ0n) is 18.7. The second-order valence-electron chi connectivity index (χ2n) is 8.33. The molecule has 3 heteroatoms. The maximum Gasteiger partial charge on any atom is 0.310 e. The number of halogens is 1. The molecule has 1 rings (SSSR count). The number of hydrogen-bond donors (Lipinski definition) is 0. The van der Waals surface area contributed by atoms with Crippen molar-refractivity contribution in [2.75, 3.05) is 6.61 Å². The largest absolute Gasteiger partial charge is 0.465 e. The Labute approximate surface area is 184 Å². The van der Waals surface area contributed by atoms with Crippen molar-refractivity contribution < 1.29 is 9.53 Å². The van der Waals surface area contributed by atoms with E-state index in [0.717, 1.165) is 18.4 Å². The van der Waals surface area contributed by atoms with E-state index in [1.54, 1.807) is 12.1 Å². The van der Waals surface area contributed by atoms with Crippen LogP contribution in [0.1, 0.15) is 115 Å². The predicted octanol–water partition coefficient (Wildman–Crippen LogP) is 8.69. The molecule has 0 N–H and O–H groups in total. The molecule has 2 nitrogen and oxygen atoms in total. The second-order valence-corrected chi connectivity index (χ2v) is 8.76. The first kappa shape index (κ1) is 26.0. The number of esters is 1. The molecule has 0 fully saturated rings. The Hall–Kier alpha value is -1.02. The molecule has 0 saturated carbocycles. The van der Waals surface area contributed by atoms with Gasteiger partial charge in [0.15, 0.2) is 0 Å². The number of hydrogen-bond acceptors (Lipinski definition) is 2. The van der Waals surface area contributed by atoms with Crippen molar-refractivity contribution in [1.29, 1.82) is 0 Å². The van der Waals surface area contributed by atoms with Gasteiger partial charge in [-0.15, -0.1) is 0 Å². The van der Waals surface area contributed by atoms with Crippen LogP contribution >= 0.6 is 11.6 Å². The number of carbonyl (C=O) groups excluding carboxylic acids is 1. The first-order valence-electron chi connectivity index (χ1n) is 12.1. The summed E-state index contributed by atoms with van der Waals surface area (Å²) in [6.45, 7) is 2.83. The molecule has 1 aromatic rings. The molecule has 0 radical (unpaired) electrons. The molecule has 0 aromatic heterocycles. The lowest BCUT2D eigenvalue weighted by molar-refractivity contribution is -0.142. The van der Waals surface area contributed by atoms with Crippen molar-refractivity contribution >= 4 is 17.6 Å². The van der Waals surface area contributed by atoms with Gasteiger partial charge in [-0.05, 0) is 24.1 Å². The summed E-state index contributed by atoms with van der Waals surface area (Å²) < 4.78 is 5.32. The smallest absolute Gasteiger partial charge is 0.310 e. The van der Waals surface area contributed by atoms with E-state index in [1.807, 2.05) is 12.1 Å². The number of unbranched alkanes of at least 4 members (excludes halogenated alkanes) is 15. The topological polar surface area (TPSA) is 26.3 Å². The van der Waals surface area contributed by atoms with E-state index in [9.17, 15) is 4.79 Å². The van der Waals surface area contributed by atoms with Crippen LogP contribution in [0.25, 0.3) is 0 Å². The van der Waals surface area contributed by atoms with Crippen LogP contribution in [0.3, 0.4) is 0 Å². The maximum absolute atomic E-state index is 11.8. The molecule has 29 heavy (non-hydrogen) atoms. The first-order valence-corrected chi connectivity index (χ1v) is 12.5. The summed E-state index contributed by atoms with van der Waals surface area (Å²) in [6.07, 6.45) is 22.0. The highest BCUT2D eigenvalue weighted by Crippen LogP contribution is 2.14. The molecule has 0 bridgehead atoms. The van der Waals surface area contributed by atoms with Crippen molar-refractivity contribution in [2.24, 2.45) is 0 Å². The van der Waals surface area contributed by atoms with Crippen molar-refractivity contribution in [1.82, 2.24) is 0 Å². The molecule has 0 aliphatic rings. The molecular formula is C26H43ClO2. The number of ether oxygens (including phenoxy) is 1. The van der Waals surface area contributed by atoms with Crippen LogP contribution in [0.2, 0.25) is 5.02 Å². The van der Waals surface area contributed by atoms with Crippen molar-refractivity contribution in [3.63, 3.8) is 0 Å². The van der Waals surface area contributed by atoms with Crippen LogP contribution in [-0.2, 0) is 16.0 Å². The van der Waals surface area contributed by atoms with Crippen LogP contribution in [0.15, 0.2) is 24.3 Å². The third kappa shape index (κ3) is 16.5. The molecule has 0 saturated heterocycles. The Morgan fingerprint density at radius 2 is 1.10 bits per heavy atom. The van der Waals surface area contributed by atoms with Gasteiger partial charge in [0, 0.05) is 5.02 Å². The molecule has 0 spiro atoms. The van der Waals surface area contributed by atoms with Gasteiger partial charge in [-0.1, -0.05) is 127 Å². The highest BCUT2D eigenvalue weighted by Gasteiger charge is 2.04. The van der Waals surface area contributed by atoms with Crippen LogP contribution in [0.4, 0.5) is 0 Å². The molecule has 0 atom stereocenters. The van der Waals surface area contributed by atoms with Crippen LogP contribution < -0.4 is 0 Å². The fourth-order valence-electron chi connectivity index (χ4n) is 3.66. The summed E-state index contributed by atoms with van der Waals surface area (Å²) in [4.78, 5) is 11.8. The van der Waals surface area contributed by atoms with E-state index < -0.39 is 0 Å². The van der Waals surface area contributed by atoms with Crippen LogP contribution in [0.5, 0.6) is 0 Å². The van der Waals surface area contributed by atoms with Gasteiger partial charge < -0.3 is 4.74 Å². The minimum absolute atomic E-state index is 0.145. The minimum atomic E-state index is -0.145. The minimum Gasteiger partial charge on any atom is -0.465 e. The molecule has 0 amide bonds. The fourth-order valence-corrected chi connectivity index (χ4v) is 3.78. The zero-order chi connectivity index (χ0) is 21.0. The SMILES string of the molecule is CCCCCCCCCCCCCCCCCCOC(=O)Cc1ccc(Cl)cc1. The van der Waals surface area contributed by atoms with Gasteiger partial charge in [0.25, 0.3) is 0 Å². The Bertz CT molecular complexity index is 498. The number of carbonyl (C=O) groups is 1. The van der Waals surface area contributed by atoms with Crippen LogP contribution in [-0.4, -0.2) is 12.6 Å². The lowest BCUT2D eigenvalue weighted by Crippen LogP contribution is -2.09. The maximum atomic E-state index is 11.8. The highest BCUT2D eigenvalue weighted by molar-refractivity contribution is 6.30. The van der Waals surface area contributed by atoms with E-state index >= 15 is 0 Å². The second kappa shape index (κ2) is 19.0. The van der Waals surface area contributed by atoms with E-state index in [2.05, 4.69) is 6.92 Å². The van der Waals surface area contributed by atoms with E-state index in [0.29, 0.717) is 18.1 Å². The third-order valence-electron chi connectivity index (χ3n) is 5.52. The number of benzene rings is 1. The fraction of sp³-hybridized carbons (Fsp3) is 0.731. The van der Waals surface area contributed by atoms with Gasteiger partial charge in [0.05, 0.1) is 13.0 Å². The van der Waals surface area contributed by atoms with E-state index in [1.165, 1.54) is 89.9 Å². The molecular weight excluding hydrogens is 380 g/mol. The van der Waals surface area contributed by atoms with Crippen molar-refractivity contribution in [2.45, 2.75) is 116 Å². The summed E-state index contributed by atoms with van der Waals surface area (Å²) >= 11 is 5.85. The lowest BCUT2D eigenvalue weighted by atomic mass is 10.0. The van der Waals surface area contributed by atoms with Gasteiger partial charge in [0.1, 0.15) is 0 Å². The number of rotatable bonds is 19. The van der Waals surface area contributed by atoms with Crippen molar-refractivity contribution in [3.8, 4) is 0 Å². The summed E-state index contributed by atoms with van der Waals surface area (Å²) in [5.41, 5.74) is 0.950. The normalized spacial score (nSPS) is 11.0. The molecule has 166 valence electrons. The van der Waals surface area contributed by atoms with E-state index in [-0.39, 0.29) is 5.97 Å². The molecule has 0 aliphatic carbocycles. The van der Waals surface area contributed by atoms with Gasteiger partial charge in [-0.2, -0.15) is 0 Å². The van der Waals surface area contributed by atoms with Gasteiger partial charge in [-0.25, -0.2) is 0 Å². The Kier molecular flexibility index (Phi) is 17.0.